The zero-order valence-corrected chi connectivity index (χ0v) is 18.9. The molecule has 8 heteroatoms. The highest BCUT2D eigenvalue weighted by Gasteiger charge is 2.22. The summed E-state index contributed by atoms with van der Waals surface area (Å²) in [7, 11) is 0. The molecular weight excluding hydrogens is 421 g/mol. The SMILES string of the molecule is CC1CCC(Nc2nccc(-c3cn(CC4CCOC4)c(=O)n3-c3ccc(F)cc3)n2)CC1. The number of benzene rings is 1. The summed E-state index contributed by atoms with van der Waals surface area (Å²) in [6.45, 7) is 4.26. The molecule has 1 aliphatic carbocycles. The molecule has 0 spiro atoms. The maximum Gasteiger partial charge on any atom is 0.333 e. The second-order valence-corrected chi connectivity index (χ2v) is 9.36. The lowest BCUT2D eigenvalue weighted by Crippen LogP contribution is -2.26. The first-order valence-corrected chi connectivity index (χ1v) is 11.8. The van der Waals surface area contributed by atoms with Crippen molar-refractivity contribution < 1.29 is 9.13 Å². The molecule has 2 aromatic heterocycles. The van der Waals surface area contributed by atoms with Crippen LogP contribution in [0.2, 0.25) is 0 Å². The number of anilines is 1. The number of aromatic nitrogens is 4. The van der Waals surface area contributed by atoms with Gasteiger partial charge in [0.1, 0.15) is 5.82 Å². The largest absolute Gasteiger partial charge is 0.381 e. The van der Waals surface area contributed by atoms with E-state index >= 15 is 0 Å². The van der Waals surface area contributed by atoms with Crippen molar-refractivity contribution in [3.63, 3.8) is 0 Å². The molecule has 7 nitrogen and oxygen atoms in total. The predicted molar refractivity (Wildman–Crippen MR) is 125 cm³/mol. The molecule has 0 radical (unpaired) electrons. The van der Waals surface area contributed by atoms with Crippen LogP contribution < -0.4 is 11.0 Å². The van der Waals surface area contributed by atoms with Gasteiger partial charge in [0.2, 0.25) is 5.95 Å². The third kappa shape index (κ3) is 4.85. The number of nitrogens with one attached hydrogen (secondary N) is 1. The molecule has 1 N–H and O–H groups in total. The summed E-state index contributed by atoms with van der Waals surface area (Å²) in [4.78, 5) is 22.6. The van der Waals surface area contributed by atoms with Crippen molar-refractivity contribution in [2.24, 2.45) is 11.8 Å². The second kappa shape index (κ2) is 9.47. The Bertz CT molecular complexity index is 1140. The number of nitrogens with zero attached hydrogens (tertiary/aromatic N) is 4. The summed E-state index contributed by atoms with van der Waals surface area (Å²) in [5, 5.41) is 3.48. The van der Waals surface area contributed by atoms with Gasteiger partial charge in [0.25, 0.3) is 0 Å². The smallest absolute Gasteiger partial charge is 0.333 e. The number of halogens is 1. The zero-order valence-electron chi connectivity index (χ0n) is 18.9. The molecule has 1 saturated heterocycles. The van der Waals surface area contributed by atoms with Crippen LogP contribution in [0.25, 0.3) is 17.1 Å². The molecule has 1 aromatic carbocycles. The maximum atomic E-state index is 13.6. The van der Waals surface area contributed by atoms with Gasteiger partial charge in [-0.2, -0.15) is 0 Å². The number of imidazole rings is 1. The number of hydrogen-bond donors (Lipinski definition) is 1. The summed E-state index contributed by atoms with van der Waals surface area (Å²) < 4.78 is 22.4. The summed E-state index contributed by atoms with van der Waals surface area (Å²) in [5.41, 5.74) is 1.75. The van der Waals surface area contributed by atoms with Crippen LogP contribution in [-0.4, -0.2) is 38.4 Å². The lowest BCUT2D eigenvalue weighted by Gasteiger charge is -2.26. The van der Waals surface area contributed by atoms with E-state index in [9.17, 15) is 9.18 Å². The molecule has 3 heterocycles. The molecule has 1 aliphatic heterocycles. The van der Waals surface area contributed by atoms with Gasteiger partial charge in [-0.15, -0.1) is 0 Å². The molecule has 5 rings (SSSR count). The van der Waals surface area contributed by atoms with E-state index in [0.717, 1.165) is 31.8 Å². The van der Waals surface area contributed by atoms with Crippen LogP contribution >= 0.6 is 0 Å². The Kier molecular flexibility index (Phi) is 6.26. The first-order chi connectivity index (χ1) is 16.1. The van der Waals surface area contributed by atoms with Crippen LogP contribution in [0.15, 0.2) is 47.5 Å². The Labute approximate surface area is 192 Å². The average Bonchev–Trinajstić information content (AvgIpc) is 3.45. The molecule has 174 valence electrons. The predicted octanol–water partition coefficient (Wildman–Crippen LogP) is 4.26. The molecule has 2 fully saturated rings. The van der Waals surface area contributed by atoms with E-state index in [1.54, 1.807) is 27.5 Å². The standard InChI is InChI=1S/C25H30FN5O2/c1-17-2-6-20(7-3-17)28-24-27-12-10-22(29-24)23-15-30(14-18-11-13-33-16-18)25(32)31(23)21-8-4-19(26)5-9-21/h4-5,8-10,12,15,17-18,20H,2-3,6-7,11,13-14,16H2,1H3,(H,27,28,29). The minimum Gasteiger partial charge on any atom is -0.381 e. The highest BCUT2D eigenvalue weighted by molar-refractivity contribution is 5.59. The minimum absolute atomic E-state index is 0.169. The second-order valence-electron chi connectivity index (χ2n) is 9.36. The Hall–Kier alpha value is -3.00. The van der Waals surface area contributed by atoms with Crippen LogP contribution in [0, 0.1) is 17.7 Å². The van der Waals surface area contributed by atoms with Gasteiger partial charge in [-0.25, -0.2) is 19.2 Å². The number of hydrogen-bond acceptors (Lipinski definition) is 5. The van der Waals surface area contributed by atoms with Crippen molar-refractivity contribution in [3.05, 3.63) is 59.0 Å². The molecule has 2 aliphatic rings. The van der Waals surface area contributed by atoms with Gasteiger partial charge in [0.15, 0.2) is 0 Å². The van der Waals surface area contributed by atoms with E-state index in [4.69, 9.17) is 9.72 Å². The van der Waals surface area contributed by atoms with Gasteiger partial charge in [-0.1, -0.05) is 6.92 Å². The Morgan fingerprint density at radius 2 is 1.91 bits per heavy atom. The lowest BCUT2D eigenvalue weighted by atomic mass is 9.87. The quantitative estimate of drug-likeness (QED) is 0.606. The van der Waals surface area contributed by atoms with Gasteiger partial charge in [-0.05, 0) is 68.4 Å². The van der Waals surface area contributed by atoms with E-state index < -0.39 is 0 Å². The van der Waals surface area contributed by atoms with Crippen molar-refractivity contribution in [1.82, 2.24) is 19.1 Å². The fourth-order valence-corrected chi connectivity index (χ4v) is 4.81. The third-order valence-electron chi connectivity index (χ3n) is 6.79. The number of ether oxygens (including phenoxy) is 1. The lowest BCUT2D eigenvalue weighted by molar-refractivity contribution is 0.182. The van der Waals surface area contributed by atoms with Crippen LogP contribution in [0.3, 0.4) is 0 Å². The van der Waals surface area contributed by atoms with E-state index in [-0.39, 0.29) is 11.5 Å². The van der Waals surface area contributed by atoms with Crippen molar-refractivity contribution in [1.29, 1.82) is 0 Å². The summed E-state index contributed by atoms with van der Waals surface area (Å²) in [5.74, 6) is 1.30. The molecule has 1 saturated carbocycles. The van der Waals surface area contributed by atoms with Crippen molar-refractivity contribution in [2.45, 2.75) is 51.6 Å². The van der Waals surface area contributed by atoms with E-state index in [1.807, 2.05) is 12.3 Å². The molecule has 0 bridgehead atoms. The van der Waals surface area contributed by atoms with E-state index in [0.29, 0.717) is 48.1 Å². The van der Waals surface area contributed by atoms with Gasteiger partial charge >= 0.3 is 5.69 Å². The van der Waals surface area contributed by atoms with E-state index in [1.165, 1.54) is 25.0 Å². The summed E-state index contributed by atoms with van der Waals surface area (Å²) in [6.07, 6.45) is 9.12. The normalized spacial score (nSPS) is 23.0. The topological polar surface area (TPSA) is 74.0 Å². The molecule has 1 atom stereocenters. The van der Waals surface area contributed by atoms with Gasteiger partial charge in [0.05, 0.1) is 23.7 Å². The molecular formula is C25H30FN5O2. The molecule has 3 aromatic rings. The average molecular weight is 452 g/mol. The Morgan fingerprint density at radius 1 is 1.12 bits per heavy atom. The molecule has 1 unspecified atom stereocenters. The number of rotatable bonds is 6. The van der Waals surface area contributed by atoms with Crippen LogP contribution in [0.4, 0.5) is 10.3 Å². The third-order valence-corrected chi connectivity index (χ3v) is 6.79. The first kappa shape index (κ1) is 21.8. The summed E-state index contributed by atoms with van der Waals surface area (Å²) in [6, 6.07) is 8.14. The van der Waals surface area contributed by atoms with Crippen LogP contribution in [-0.2, 0) is 11.3 Å². The van der Waals surface area contributed by atoms with Gasteiger partial charge < -0.3 is 10.1 Å². The Balaban J connectivity index is 1.49. The first-order valence-electron chi connectivity index (χ1n) is 11.8. The molecule has 0 amide bonds. The monoisotopic (exact) mass is 451 g/mol. The highest BCUT2D eigenvalue weighted by Crippen LogP contribution is 2.26. The van der Waals surface area contributed by atoms with Crippen molar-refractivity contribution in [2.75, 3.05) is 18.5 Å². The van der Waals surface area contributed by atoms with Crippen molar-refractivity contribution in [3.8, 4) is 17.1 Å². The van der Waals surface area contributed by atoms with E-state index in [2.05, 4.69) is 17.2 Å². The van der Waals surface area contributed by atoms with Crippen molar-refractivity contribution >= 4 is 5.95 Å². The molecule has 33 heavy (non-hydrogen) atoms. The van der Waals surface area contributed by atoms with Gasteiger partial charge in [-0.3, -0.25) is 9.13 Å². The Morgan fingerprint density at radius 3 is 2.64 bits per heavy atom. The minimum atomic E-state index is -0.341. The highest BCUT2D eigenvalue weighted by atomic mass is 19.1. The zero-order chi connectivity index (χ0) is 22.8. The fraction of sp³-hybridized carbons (Fsp3) is 0.480. The maximum absolute atomic E-state index is 13.6. The van der Waals surface area contributed by atoms with Crippen LogP contribution in [0.1, 0.15) is 39.0 Å². The van der Waals surface area contributed by atoms with Crippen LogP contribution in [0.5, 0.6) is 0 Å². The summed E-state index contributed by atoms with van der Waals surface area (Å²) >= 11 is 0. The fourth-order valence-electron chi connectivity index (χ4n) is 4.81. The van der Waals surface area contributed by atoms with Gasteiger partial charge in [0, 0.05) is 37.5 Å².